The van der Waals surface area contributed by atoms with E-state index in [1.54, 1.807) is 0 Å². The summed E-state index contributed by atoms with van der Waals surface area (Å²) in [7, 11) is 0. The molecule has 2 aliphatic rings. The summed E-state index contributed by atoms with van der Waals surface area (Å²) in [6, 6.07) is 7.46. The van der Waals surface area contributed by atoms with E-state index in [9.17, 15) is 4.79 Å². The van der Waals surface area contributed by atoms with Crippen LogP contribution in [-0.2, 0) is 4.79 Å². The lowest BCUT2D eigenvalue weighted by Gasteiger charge is -2.34. The van der Waals surface area contributed by atoms with Gasteiger partial charge in [0.05, 0.1) is 0 Å². The number of rotatable bonds is 1. The molecule has 0 N–H and O–H groups in total. The molecule has 1 fully saturated rings. The Morgan fingerprint density at radius 3 is 2.63 bits per heavy atom. The molecule has 2 aliphatic heterocycles. The normalized spacial score (nSPS) is 23.2. The smallest absolute Gasteiger partial charge is 0.267 e. The van der Waals surface area contributed by atoms with Crippen LogP contribution in [0.3, 0.4) is 0 Å². The highest BCUT2D eigenvalue weighted by atomic mass is 79.9. The summed E-state index contributed by atoms with van der Waals surface area (Å²) in [6.45, 7) is 1.87. The number of nitrogens with zero attached hydrogens (tertiary/aromatic N) is 1. The lowest BCUT2D eigenvalue weighted by molar-refractivity contribution is -0.142. The minimum absolute atomic E-state index is 0.0360. The summed E-state index contributed by atoms with van der Waals surface area (Å²) in [4.78, 5) is 14.8. The molecule has 1 aromatic rings. The fourth-order valence-corrected chi connectivity index (χ4v) is 2.82. The van der Waals surface area contributed by atoms with Gasteiger partial charge in [0.2, 0.25) is 6.10 Å². The molecule has 1 atom stereocenters. The summed E-state index contributed by atoms with van der Waals surface area (Å²) in [6.07, 6.45) is 1.48. The van der Waals surface area contributed by atoms with Gasteiger partial charge < -0.3 is 14.4 Å². The number of amides is 1. The first kappa shape index (κ1) is 12.8. The Morgan fingerprint density at radius 2 is 1.89 bits per heavy atom. The standard InChI is InChI=1S/C14H16BrNO3/c15-10-5-7-16(8-6-10)14(17)13-9-18-11-3-1-2-4-12(11)19-13/h1-4,10,13H,5-9H2. The van der Waals surface area contributed by atoms with Gasteiger partial charge in [0, 0.05) is 17.9 Å². The van der Waals surface area contributed by atoms with Crippen LogP contribution in [0.1, 0.15) is 12.8 Å². The number of fused-ring (bicyclic) bond motifs is 1. The summed E-state index contributed by atoms with van der Waals surface area (Å²) in [5.41, 5.74) is 0. The van der Waals surface area contributed by atoms with E-state index in [1.807, 2.05) is 29.2 Å². The molecule has 1 saturated heterocycles. The van der Waals surface area contributed by atoms with Gasteiger partial charge in [-0.1, -0.05) is 28.1 Å². The third kappa shape index (κ3) is 2.71. The number of benzene rings is 1. The van der Waals surface area contributed by atoms with Gasteiger partial charge in [-0.3, -0.25) is 4.79 Å². The van der Waals surface area contributed by atoms with Gasteiger partial charge in [-0.05, 0) is 25.0 Å². The minimum atomic E-state index is -0.512. The van der Waals surface area contributed by atoms with Gasteiger partial charge in [0.1, 0.15) is 6.61 Å². The van der Waals surface area contributed by atoms with Gasteiger partial charge in [-0.25, -0.2) is 0 Å². The third-order valence-corrected chi connectivity index (χ3v) is 4.44. The Kier molecular flexibility index (Phi) is 3.64. The quantitative estimate of drug-likeness (QED) is 0.743. The number of halogens is 1. The van der Waals surface area contributed by atoms with Crippen LogP contribution in [0, 0.1) is 0 Å². The number of alkyl halides is 1. The van der Waals surface area contributed by atoms with Crippen molar-refractivity contribution in [3.8, 4) is 11.5 Å². The zero-order valence-corrected chi connectivity index (χ0v) is 12.1. The van der Waals surface area contributed by atoms with Crippen LogP contribution in [0.5, 0.6) is 11.5 Å². The second kappa shape index (κ2) is 5.41. The predicted octanol–water partition coefficient (Wildman–Crippen LogP) is 2.21. The first-order valence-corrected chi connectivity index (χ1v) is 7.47. The molecule has 5 heteroatoms. The Bertz CT molecular complexity index is 472. The first-order valence-electron chi connectivity index (χ1n) is 6.55. The van der Waals surface area contributed by atoms with Crippen LogP contribution in [-0.4, -0.2) is 41.4 Å². The van der Waals surface area contributed by atoms with Gasteiger partial charge in [0.15, 0.2) is 11.5 Å². The molecule has 0 radical (unpaired) electrons. The number of hydrogen-bond donors (Lipinski definition) is 0. The predicted molar refractivity (Wildman–Crippen MR) is 74.9 cm³/mol. The molecule has 0 bridgehead atoms. The zero-order chi connectivity index (χ0) is 13.2. The molecule has 102 valence electrons. The molecule has 2 heterocycles. The van der Waals surface area contributed by atoms with Crippen molar-refractivity contribution in [2.24, 2.45) is 0 Å². The third-order valence-electron chi connectivity index (χ3n) is 3.52. The zero-order valence-electron chi connectivity index (χ0n) is 10.5. The van der Waals surface area contributed by atoms with Crippen LogP contribution in [0.25, 0.3) is 0 Å². The molecule has 0 saturated carbocycles. The molecular weight excluding hydrogens is 310 g/mol. The topological polar surface area (TPSA) is 38.8 Å². The summed E-state index contributed by atoms with van der Waals surface area (Å²) < 4.78 is 11.3. The van der Waals surface area contributed by atoms with E-state index >= 15 is 0 Å². The van der Waals surface area contributed by atoms with E-state index < -0.39 is 6.10 Å². The average Bonchev–Trinajstić information content (AvgIpc) is 2.47. The molecule has 0 aliphatic carbocycles. The van der Waals surface area contributed by atoms with Crippen LogP contribution in [0.15, 0.2) is 24.3 Å². The van der Waals surface area contributed by atoms with E-state index in [-0.39, 0.29) is 5.91 Å². The Labute approximate surface area is 120 Å². The van der Waals surface area contributed by atoms with Crippen molar-refractivity contribution < 1.29 is 14.3 Å². The van der Waals surface area contributed by atoms with Crippen molar-refractivity contribution in [1.29, 1.82) is 0 Å². The molecule has 0 aromatic heterocycles. The van der Waals surface area contributed by atoms with Crippen LogP contribution < -0.4 is 9.47 Å². The second-order valence-electron chi connectivity index (χ2n) is 4.86. The van der Waals surface area contributed by atoms with Crippen molar-refractivity contribution in [2.45, 2.75) is 23.8 Å². The van der Waals surface area contributed by atoms with Crippen LogP contribution >= 0.6 is 15.9 Å². The van der Waals surface area contributed by atoms with Crippen LogP contribution in [0.2, 0.25) is 0 Å². The Balaban J connectivity index is 1.66. The fourth-order valence-electron chi connectivity index (χ4n) is 2.41. The molecule has 19 heavy (non-hydrogen) atoms. The van der Waals surface area contributed by atoms with Gasteiger partial charge >= 0.3 is 0 Å². The molecule has 1 amide bonds. The summed E-state index contributed by atoms with van der Waals surface area (Å²) in [5, 5.41) is 0. The fraction of sp³-hybridized carbons (Fsp3) is 0.500. The maximum absolute atomic E-state index is 12.4. The van der Waals surface area contributed by atoms with Crippen molar-refractivity contribution >= 4 is 21.8 Å². The van der Waals surface area contributed by atoms with E-state index in [2.05, 4.69) is 15.9 Å². The lowest BCUT2D eigenvalue weighted by Crippen LogP contribution is -2.49. The minimum Gasteiger partial charge on any atom is -0.485 e. The van der Waals surface area contributed by atoms with Crippen molar-refractivity contribution in [2.75, 3.05) is 19.7 Å². The van der Waals surface area contributed by atoms with Crippen LogP contribution in [0.4, 0.5) is 0 Å². The van der Waals surface area contributed by atoms with Crippen molar-refractivity contribution in [3.05, 3.63) is 24.3 Å². The highest BCUT2D eigenvalue weighted by Gasteiger charge is 2.32. The monoisotopic (exact) mass is 325 g/mol. The van der Waals surface area contributed by atoms with Gasteiger partial charge in [0.25, 0.3) is 5.91 Å². The number of carbonyl (C=O) groups excluding carboxylic acids is 1. The molecule has 4 nitrogen and oxygen atoms in total. The summed E-state index contributed by atoms with van der Waals surface area (Å²) in [5.74, 6) is 1.40. The average molecular weight is 326 g/mol. The van der Waals surface area contributed by atoms with E-state index in [4.69, 9.17) is 9.47 Å². The molecule has 0 spiro atoms. The number of piperidine rings is 1. The van der Waals surface area contributed by atoms with E-state index in [1.165, 1.54) is 0 Å². The largest absolute Gasteiger partial charge is 0.485 e. The maximum atomic E-state index is 12.4. The summed E-state index contributed by atoms with van der Waals surface area (Å²) >= 11 is 3.59. The van der Waals surface area contributed by atoms with Gasteiger partial charge in [-0.15, -0.1) is 0 Å². The van der Waals surface area contributed by atoms with Gasteiger partial charge in [-0.2, -0.15) is 0 Å². The molecule has 1 unspecified atom stereocenters. The SMILES string of the molecule is O=C(C1COc2ccccc2O1)N1CCC(Br)CC1. The number of likely N-dealkylation sites (tertiary alicyclic amines) is 1. The van der Waals surface area contributed by atoms with Crippen molar-refractivity contribution in [1.82, 2.24) is 4.90 Å². The highest BCUT2D eigenvalue weighted by Crippen LogP contribution is 2.31. The first-order chi connectivity index (χ1) is 9.24. The maximum Gasteiger partial charge on any atom is 0.267 e. The van der Waals surface area contributed by atoms with E-state index in [0.717, 1.165) is 25.9 Å². The Morgan fingerprint density at radius 1 is 1.21 bits per heavy atom. The molecular formula is C14H16BrNO3. The van der Waals surface area contributed by atoms with E-state index in [0.29, 0.717) is 22.9 Å². The number of para-hydroxylation sites is 2. The lowest BCUT2D eigenvalue weighted by atomic mass is 10.1. The highest BCUT2D eigenvalue weighted by molar-refractivity contribution is 9.09. The number of hydrogen-bond acceptors (Lipinski definition) is 3. The van der Waals surface area contributed by atoms with Crippen molar-refractivity contribution in [3.63, 3.8) is 0 Å². The molecule has 3 rings (SSSR count). The number of carbonyl (C=O) groups is 1. The second-order valence-corrected chi connectivity index (χ2v) is 6.16. The molecule has 1 aromatic carbocycles. The Hall–Kier alpha value is -1.23. The number of ether oxygens (including phenoxy) is 2.